The van der Waals surface area contributed by atoms with Crippen molar-refractivity contribution in [2.45, 2.75) is 44.7 Å². The number of anilines is 1. The predicted molar refractivity (Wildman–Crippen MR) is 147 cm³/mol. The van der Waals surface area contributed by atoms with Crippen molar-refractivity contribution in [3.8, 4) is 0 Å². The summed E-state index contributed by atoms with van der Waals surface area (Å²) in [6.07, 6.45) is 0.750. The Labute approximate surface area is 224 Å². The lowest BCUT2D eigenvalue weighted by atomic mass is 10.1. The molecule has 0 heterocycles. The number of halogens is 1. The van der Waals surface area contributed by atoms with Crippen molar-refractivity contribution in [1.29, 1.82) is 0 Å². The molecule has 37 heavy (non-hydrogen) atoms. The van der Waals surface area contributed by atoms with Gasteiger partial charge in [-0.15, -0.1) is 0 Å². The van der Waals surface area contributed by atoms with Crippen LogP contribution in [0.5, 0.6) is 0 Å². The number of nitrogens with zero attached hydrogens (tertiary/aromatic N) is 2. The second kappa shape index (κ2) is 12.7. The highest BCUT2D eigenvalue weighted by atomic mass is 35.5. The molecule has 0 aliphatic rings. The van der Waals surface area contributed by atoms with Gasteiger partial charge in [-0.2, -0.15) is 0 Å². The van der Waals surface area contributed by atoms with E-state index in [1.807, 2.05) is 19.9 Å². The minimum Gasteiger partial charge on any atom is -0.354 e. The van der Waals surface area contributed by atoms with Crippen LogP contribution in [0.2, 0.25) is 5.02 Å². The van der Waals surface area contributed by atoms with Crippen LogP contribution in [0.3, 0.4) is 0 Å². The van der Waals surface area contributed by atoms with Gasteiger partial charge in [0.15, 0.2) is 0 Å². The first-order valence-electron chi connectivity index (χ1n) is 12.1. The maximum absolute atomic E-state index is 13.8. The molecule has 9 heteroatoms. The highest BCUT2D eigenvalue weighted by Crippen LogP contribution is 2.25. The number of sulfonamides is 1. The minimum absolute atomic E-state index is 0.0716. The quantitative estimate of drug-likeness (QED) is 0.378. The summed E-state index contributed by atoms with van der Waals surface area (Å²) in [5.41, 5.74) is 1.98. The second-order valence-electron chi connectivity index (χ2n) is 8.78. The van der Waals surface area contributed by atoms with Gasteiger partial charge in [0.2, 0.25) is 11.8 Å². The Morgan fingerprint density at radius 1 is 0.973 bits per heavy atom. The van der Waals surface area contributed by atoms with Gasteiger partial charge in [0.25, 0.3) is 10.0 Å². The zero-order valence-corrected chi connectivity index (χ0v) is 22.8. The Morgan fingerprint density at radius 3 is 2.27 bits per heavy atom. The number of amides is 2. The van der Waals surface area contributed by atoms with Crippen molar-refractivity contribution in [1.82, 2.24) is 10.2 Å². The molecule has 2 amide bonds. The Bertz CT molecular complexity index is 1310. The Hall–Kier alpha value is -3.36. The average Bonchev–Trinajstić information content (AvgIpc) is 2.89. The molecule has 1 unspecified atom stereocenters. The molecule has 0 saturated heterocycles. The lowest BCUT2D eigenvalue weighted by Gasteiger charge is -2.32. The first kappa shape index (κ1) is 28.2. The maximum atomic E-state index is 13.8. The van der Waals surface area contributed by atoms with Gasteiger partial charge in [0.1, 0.15) is 12.6 Å². The normalized spacial score (nSPS) is 12.0. The summed E-state index contributed by atoms with van der Waals surface area (Å²) in [5.74, 6) is -0.813. The summed E-state index contributed by atoms with van der Waals surface area (Å²) in [6.45, 7) is 5.55. The van der Waals surface area contributed by atoms with E-state index < -0.39 is 28.5 Å². The van der Waals surface area contributed by atoms with Gasteiger partial charge in [-0.05, 0) is 67.8 Å². The van der Waals surface area contributed by atoms with Crippen molar-refractivity contribution in [2.75, 3.05) is 17.4 Å². The van der Waals surface area contributed by atoms with Crippen LogP contribution >= 0.6 is 11.6 Å². The van der Waals surface area contributed by atoms with E-state index in [4.69, 9.17) is 11.6 Å². The number of benzene rings is 3. The molecule has 3 rings (SSSR count). The van der Waals surface area contributed by atoms with Gasteiger partial charge in [0, 0.05) is 18.1 Å². The zero-order chi connectivity index (χ0) is 27.0. The fourth-order valence-corrected chi connectivity index (χ4v) is 5.35. The van der Waals surface area contributed by atoms with Crippen molar-refractivity contribution < 1.29 is 18.0 Å². The summed E-state index contributed by atoms with van der Waals surface area (Å²) in [5, 5.41) is 3.38. The summed E-state index contributed by atoms with van der Waals surface area (Å²) >= 11 is 6.02. The van der Waals surface area contributed by atoms with E-state index in [-0.39, 0.29) is 17.3 Å². The third-order valence-corrected chi connectivity index (χ3v) is 7.92. The van der Waals surface area contributed by atoms with Gasteiger partial charge in [-0.1, -0.05) is 61.0 Å². The van der Waals surface area contributed by atoms with E-state index >= 15 is 0 Å². The Morgan fingerprint density at radius 2 is 1.65 bits per heavy atom. The van der Waals surface area contributed by atoms with Crippen LogP contribution < -0.4 is 9.62 Å². The Kier molecular flexibility index (Phi) is 9.72. The van der Waals surface area contributed by atoms with E-state index in [2.05, 4.69) is 5.32 Å². The first-order chi connectivity index (χ1) is 17.6. The van der Waals surface area contributed by atoms with Crippen molar-refractivity contribution in [3.05, 3.63) is 95.0 Å². The number of nitrogens with one attached hydrogen (secondary N) is 1. The molecule has 1 atom stereocenters. The summed E-state index contributed by atoms with van der Waals surface area (Å²) in [6, 6.07) is 21.1. The van der Waals surface area contributed by atoms with Gasteiger partial charge in [0.05, 0.1) is 10.6 Å². The van der Waals surface area contributed by atoms with E-state index in [9.17, 15) is 18.0 Å². The third-order valence-electron chi connectivity index (χ3n) is 5.88. The number of hydrogen-bond donors (Lipinski definition) is 1. The molecule has 0 bridgehead atoms. The number of aryl methyl sites for hydroxylation is 1. The monoisotopic (exact) mass is 541 g/mol. The smallest absolute Gasteiger partial charge is 0.264 e. The molecule has 0 aliphatic heterocycles. The standard InChI is InChI=1S/C28H32ClN3O4S/c1-4-17-30-28(34)22(3)31(19-23-13-15-24(29)16-14-23)27(33)20-32(25-10-8-9-21(2)18-25)37(35,36)26-11-6-5-7-12-26/h5-16,18,22H,4,17,19-20H2,1-3H3,(H,30,34). The van der Waals surface area contributed by atoms with Crippen LogP contribution in [0.15, 0.2) is 83.8 Å². The van der Waals surface area contributed by atoms with Crippen molar-refractivity contribution in [3.63, 3.8) is 0 Å². The molecule has 3 aromatic carbocycles. The predicted octanol–water partition coefficient (Wildman–Crippen LogP) is 4.79. The SMILES string of the molecule is CCCNC(=O)C(C)N(Cc1ccc(Cl)cc1)C(=O)CN(c1cccc(C)c1)S(=O)(=O)c1ccccc1. The topological polar surface area (TPSA) is 86.8 Å². The molecule has 0 aliphatic carbocycles. The molecule has 7 nitrogen and oxygen atoms in total. The molecule has 0 aromatic heterocycles. The highest BCUT2D eigenvalue weighted by Gasteiger charge is 2.32. The minimum atomic E-state index is -4.07. The number of carbonyl (C=O) groups is 2. The van der Waals surface area contributed by atoms with Crippen LogP contribution in [-0.2, 0) is 26.2 Å². The van der Waals surface area contributed by atoms with Crippen LogP contribution in [0, 0.1) is 6.92 Å². The van der Waals surface area contributed by atoms with E-state index in [0.717, 1.165) is 21.9 Å². The van der Waals surface area contributed by atoms with Crippen molar-refractivity contribution >= 4 is 39.1 Å². The molecular formula is C28H32ClN3O4S. The fourth-order valence-electron chi connectivity index (χ4n) is 3.80. The van der Waals surface area contributed by atoms with Gasteiger partial charge in [-0.25, -0.2) is 8.42 Å². The number of hydrogen-bond acceptors (Lipinski definition) is 4. The fraction of sp³-hybridized carbons (Fsp3) is 0.286. The second-order valence-corrected chi connectivity index (χ2v) is 11.1. The summed E-state index contributed by atoms with van der Waals surface area (Å²) < 4.78 is 28.5. The van der Waals surface area contributed by atoms with Crippen molar-refractivity contribution in [2.24, 2.45) is 0 Å². The molecule has 0 saturated carbocycles. The number of rotatable bonds is 11. The molecule has 0 radical (unpaired) electrons. The third kappa shape index (κ3) is 7.33. The largest absolute Gasteiger partial charge is 0.354 e. The molecule has 196 valence electrons. The number of carbonyl (C=O) groups excluding carboxylic acids is 2. The molecule has 1 N–H and O–H groups in total. The lowest BCUT2D eigenvalue weighted by Crippen LogP contribution is -2.51. The molecule has 3 aromatic rings. The van der Waals surface area contributed by atoms with Gasteiger partial charge < -0.3 is 10.2 Å². The zero-order valence-electron chi connectivity index (χ0n) is 21.2. The molecular weight excluding hydrogens is 510 g/mol. The van der Waals surface area contributed by atoms with E-state index in [1.165, 1.54) is 17.0 Å². The Balaban J connectivity index is 2.00. The maximum Gasteiger partial charge on any atom is 0.264 e. The van der Waals surface area contributed by atoms with Crippen LogP contribution in [0.1, 0.15) is 31.4 Å². The summed E-state index contributed by atoms with van der Waals surface area (Å²) in [4.78, 5) is 28.1. The van der Waals surface area contributed by atoms with Gasteiger partial charge >= 0.3 is 0 Å². The first-order valence-corrected chi connectivity index (χ1v) is 13.9. The van der Waals surface area contributed by atoms with Crippen LogP contribution in [0.25, 0.3) is 0 Å². The highest BCUT2D eigenvalue weighted by molar-refractivity contribution is 7.92. The average molecular weight is 542 g/mol. The van der Waals surface area contributed by atoms with E-state index in [1.54, 1.807) is 67.6 Å². The van der Waals surface area contributed by atoms with E-state index in [0.29, 0.717) is 17.3 Å². The molecule has 0 fully saturated rings. The summed E-state index contributed by atoms with van der Waals surface area (Å²) in [7, 11) is -4.07. The lowest BCUT2D eigenvalue weighted by molar-refractivity contribution is -0.139. The van der Waals surface area contributed by atoms with Crippen LogP contribution in [-0.4, -0.2) is 44.3 Å². The van der Waals surface area contributed by atoms with Crippen LogP contribution in [0.4, 0.5) is 5.69 Å². The van der Waals surface area contributed by atoms with Gasteiger partial charge in [-0.3, -0.25) is 13.9 Å². The molecule has 0 spiro atoms.